The van der Waals surface area contributed by atoms with Crippen LogP contribution < -0.4 is 0 Å². The maximum absolute atomic E-state index is 5.83. The minimum Gasteiger partial charge on any atom is -0.345 e. The summed E-state index contributed by atoms with van der Waals surface area (Å²) >= 11 is -0.387. The van der Waals surface area contributed by atoms with Crippen LogP contribution in [0.1, 0.15) is 5.56 Å². The van der Waals surface area contributed by atoms with E-state index in [1.165, 1.54) is 16.7 Å². The van der Waals surface area contributed by atoms with Crippen molar-refractivity contribution >= 4 is 28.3 Å². The van der Waals surface area contributed by atoms with E-state index in [0.29, 0.717) is 0 Å². The van der Waals surface area contributed by atoms with Gasteiger partial charge in [0.15, 0.2) is 0 Å². The summed E-state index contributed by atoms with van der Waals surface area (Å²) in [5.74, 6) is 0. The first-order valence-corrected chi connectivity index (χ1v) is 8.24. The maximum atomic E-state index is 5.83. The van der Waals surface area contributed by atoms with Crippen LogP contribution in [0.3, 0.4) is 0 Å². The van der Waals surface area contributed by atoms with Crippen LogP contribution in [0.25, 0.3) is 11.1 Å². The first-order valence-electron chi connectivity index (χ1n) is 5.10. The standard InChI is InChI=1S/C13H11.ClH.Mg/c1-11-7-9-13(10-8-11)12-5-3-2-4-6-12;;/h2-10H,1H2;1H;/q;;+1/p-1. The Labute approximate surface area is 104 Å². The van der Waals surface area contributed by atoms with Crippen LogP contribution in [0, 0.1) is 0 Å². The van der Waals surface area contributed by atoms with Gasteiger partial charge in [0, 0.05) is 0 Å². The van der Waals surface area contributed by atoms with Crippen molar-refractivity contribution < 1.29 is 0 Å². The molecule has 0 saturated carbocycles. The molecule has 15 heavy (non-hydrogen) atoms. The Morgan fingerprint density at radius 2 is 1.40 bits per heavy atom. The van der Waals surface area contributed by atoms with E-state index >= 15 is 0 Å². The molecule has 0 saturated heterocycles. The van der Waals surface area contributed by atoms with Crippen LogP contribution in [0.15, 0.2) is 54.6 Å². The topological polar surface area (TPSA) is 0 Å². The highest BCUT2D eigenvalue weighted by atomic mass is 35.5. The average molecular weight is 227 g/mol. The summed E-state index contributed by atoms with van der Waals surface area (Å²) in [6.45, 7) is 0. The Balaban J connectivity index is 2.24. The van der Waals surface area contributed by atoms with E-state index in [9.17, 15) is 0 Å². The highest BCUT2D eigenvalue weighted by Crippen LogP contribution is 2.19. The van der Waals surface area contributed by atoms with Crippen molar-refractivity contribution in [2.45, 2.75) is 4.55 Å². The largest absolute Gasteiger partial charge is 0.505 e. The summed E-state index contributed by atoms with van der Waals surface area (Å²) < 4.78 is 1.08. The summed E-state index contributed by atoms with van der Waals surface area (Å²) in [6, 6.07) is 19.1. The van der Waals surface area contributed by atoms with Gasteiger partial charge in [-0.15, -0.1) is 0 Å². The lowest BCUT2D eigenvalue weighted by Gasteiger charge is -2.02. The SMILES string of the molecule is [Cl][Mg][CH2]c1ccc(-c2ccccc2)cc1. The van der Waals surface area contributed by atoms with Gasteiger partial charge in [0.05, 0.1) is 0 Å². The van der Waals surface area contributed by atoms with E-state index in [0.717, 1.165) is 4.55 Å². The number of rotatable bonds is 3. The molecule has 0 aliphatic carbocycles. The zero-order valence-corrected chi connectivity index (χ0v) is 10.7. The third kappa shape index (κ3) is 2.97. The molecule has 0 nitrogen and oxygen atoms in total. The van der Waals surface area contributed by atoms with Crippen LogP contribution in [-0.4, -0.2) is 19.3 Å². The van der Waals surface area contributed by atoms with Gasteiger partial charge < -0.3 is 9.07 Å². The van der Waals surface area contributed by atoms with E-state index < -0.39 is 0 Å². The second-order valence-electron chi connectivity index (χ2n) is 3.50. The second-order valence-corrected chi connectivity index (χ2v) is 5.51. The number of benzene rings is 2. The molecular formula is C13H11ClMg. The van der Waals surface area contributed by atoms with E-state index in [1.807, 2.05) is 6.07 Å². The summed E-state index contributed by atoms with van der Waals surface area (Å²) in [6.07, 6.45) is 0. The van der Waals surface area contributed by atoms with Crippen molar-refractivity contribution in [2.24, 2.45) is 0 Å². The minimum absolute atomic E-state index is 0.387. The summed E-state index contributed by atoms with van der Waals surface area (Å²) in [4.78, 5) is 0. The number of halogens is 1. The first kappa shape index (κ1) is 11.0. The molecule has 0 spiro atoms. The highest BCUT2D eigenvalue weighted by molar-refractivity contribution is 6.93. The molecule has 0 aliphatic heterocycles. The van der Waals surface area contributed by atoms with Crippen LogP contribution in [0.2, 0.25) is 0 Å². The number of hydrogen-bond donors (Lipinski definition) is 0. The second kappa shape index (κ2) is 5.54. The first-order chi connectivity index (χ1) is 7.40. The highest BCUT2D eigenvalue weighted by Gasteiger charge is 1.98. The summed E-state index contributed by atoms with van der Waals surface area (Å²) in [5.41, 5.74) is 3.90. The molecule has 72 valence electrons. The van der Waals surface area contributed by atoms with Gasteiger partial charge in [0.2, 0.25) is 0 Å². The summed E-state index contributed by atoms with van der Waals surface area (Å²) in [7, 11) is 5.83. The van der Waals surface area contributed by atoms with E-state index in [2.05, 4.69) is 48.5 Å². The monoisotopic (exact) mass is 226 g/mol. The van der Waals surface area contributed by atoms with E-state index in [4.69, 9.17) is 9.07 Å². The maximum Gasteiger partial charge on any atom is 0.505 e. The molecule has 0 aliphatic rings. The van der Waals surface area contributed by atoms with Crippen LogP contribution in [0.5, 0.6) is 0 Å². The van der Waals surface area contributed by atoms with Crippen LogP contribution >= 0.6 is 9.07 Å². The average Bonchev–Trinajstić information content (AvgIpc) is 2.32. The Bertz CT molecular complexity index is 408. The van der Waals surface area contributed by atoms with Crippen molar-refractivity contribution in [1.82, 2.24) is 0 Å². The third-order valence-corrected chi connectivity index (χ3v) is 3.78. The van der Waals surface area contributed by atoms with Crippen LogP contribution in [-0.2, 0) is 4.55 Å². The zero-order valence-electron chi connectivity index (χ0n) is 8.49. The van der Waals surface area contributed by atoms with Gasteiger partial charge in [-0.05, 0) is 11.1 Å². The van der Waals surface area contributed by atoms with Gasteiger partial charge in [-0.3, -0.25) is 0 Å². The fraction of sp³-hybridized carbons (Fsp3) is 0.0769. The lowest BCUT2D eigenvalue weighted by Crippen LogP contribution is -1.88. The molecule has 2 aromatic carbocycles. The molecular weight excluding hydrogens is 216 g/mol. The molecule has 0 atom stereocenters. The van der Waals surface area contributed by atoms with Crippen molar-refractivity contribution in [1.29, 1.82) is 0 Å². The lowest BCUT2D eigenvalue weighted by molar-refractivity contribution is 1.40. The fourth-order valence-electron chi connectivity index (χ4n) is 1.60. The number of hydrogen-bond acceptors (Lipinski definition) is 0. The predicted octanol–water partition coefficient (Wildman–Crippen LogP) is 3.71. The van der Waals surface area contributed by atoms with Gasteiger partial charge >= 0.3 is 19.3 Å². The Morgan fingerprint density at radius 3 is 2.00 bits per heavy atom. The minimum atomic E-state index is -0.387. The molecule has 0 heterocycles. The molecule has 0 fully saturated rings. The van der Waals surface area contributed by atoms with E-state index in [-0.39, 0.29) is 19.3 Å². The summed E-state index contributed by atoms with van der Waals surface area (Å²) in [5, 5.41) is 0. The Hall–Kier alpha value is -0.504. The quantitative estimate of drug-likeness (QED) is 0.701. The van der Waals surface area contributed by atoms with Crippen molar-refractivity contribution in [3.63, 3.8) is 0 Å². The molecule has 0 bridgehead atoms. The van der Waals surface area contributed by atoms with Gasteiger partial charge in [0.25, 0.3) is 0 Å². The van der Waals surface area contributed by atoms with Gasteiger partial charge in [-0.2, -0.15) is 0 Å². The van der Waals surface area contributed by atoms with Gasteiger partial charge in [-0.1, -0.05) is 64.7 Å². The molecule has 0 radical (unpaired) electrons. The molecule has 2 rings (SSSR count). The molecule has 2 aromatic rings. The van der Waals surface area contributed by atoms with Crippen molar-refractivity contribution in [2.75, 3.05) is 0 Å². The third-order valence-electron chi connectivity index (χ3n) is 2.44. The lowest BCUT2D eigenvalue weighted by atomic mass is 10.0. The predicted molar refractivity (Wildman–Crippen MR) is 67.2 cm³/mol. The molecule has 0 N–H and O–H groups in total. The van der Waals surface area contributed by atoms with Gasteiger partial charge in [-0.25, -0.2) is 0 Å². The molecule has 2 heteroatoms. The van der Waals surface area contributed by atoms with Gasteiger partial charge in [0.1, 0.15) is 0 Å². The van der Waals surface area contributed by atoms with Crippen molar-refractivity contribution in [3.8, 4) is 11.1 Å². The van der Waals surface area contributed by atoms with Crippen LogP contribution in [0.4, 0.5) is 0 Å². The molecule has 0 aromatic heterocycles. The smallest absolute Gasteiger partial charge is 0.345 e. The van der Waals surface area contributed by atoms with E-state index in [1.54, 1.807) is 0 Å². The molecule has 0 amide bonds. The Morgan fingerprint density at radius 1 is 0.800 bits per heavy atom. The Kier molecular flexibility index (Phi) is 4.06. The van der Waals surface area contributed by atoms with Crippen molar-refractivity contribution in [3.05, 3.63) is 60.2 Å². The fourth-order valence-corrected chi connectivity index (χ4v) is 2.81. The molecule has 0 unspecified atom stereocenters. The zero-order chi connectivity index (χ0) is 10.5. The normalized spacial score (nSPS) is 9.67.